The summed E-state index contributed by atoms with van der Waals surface area (Å²) >= 11 is 0. The number of hydrogen-bond acceptors (Lipinski definition) is 1. The van der Waals surface area contributed by atoms with Crippen LogP contribution in [-0.4, -0.2) is 10.2 Å². The number of rotatable bonds is 3. The molecular weight excluding hydrogens is 292 g/mol. The van der Waals surface area contributed by atoms with Crippen LogP contribution in [0.15, 0.2) is 85.1 Å². The van der Waals surface area contributed by atoms with Gasteiger partial charge in [-0.05, 0) is 40.8 Å². The fourth-order valence-electron chi connectivity index (χ4n) is 3.22. The lowest BCUT2D eigenvalue weighted by Crippen LogP contribution is -1.93. The van der Waals surface area contributed by atoms with E-state index in [0.29, 0.717) is 0 Å². The van der Waals surface area contributed by atoms with Gasteiger partial charge in [-0.25, -0.2) is 0 Å². The molecule has 0 aliphatic rings. The van der Waals surface area contributed by atoms with Gasteiger partial charge in [0.15, 0.2) is 0 Å². The Morgan fingerprint density at radius 1 is 0.667 bits per heavy atom. The van der Waals surface area contributed by atoms with Crippen LogP contribution in [0.1, 0.15) is 5.56 Å². The van der Waals surface area contributed by atoms with Crippen molar-refractivity contribution < 1.29 is 0 Å². The van der Waals surface area contributed by atoms with Crippen molar-refractivity contribution in [2.24, 2.45) is 0 Å². The second-order valence-electron chi connectivity index (χ2n) is 5.88. The first-order valence-corrected chi connectivity index (χ1v) is 8.09. The Labute approximate surface area is 141 Å². The highest BCUT2D eigenvalue weighted by Gasteiger charge is 2.16. The van der Waals surface area contributed by atoms with Crippen LogP contribution in [-0.2, 0) is 0 Å². The van der Waals surface area contributed by atoms with E-state index in [4.69, 9.17) is 0 Å². The fraction of sp³-hybridized carbons (Fsp3) is 0.0455. The van der Waals surface area contributed by atoms with Crippen molar-refractivity contribution >= 4 is 0 Å². The first kappa shape index (κ1) is 14.5. The molecule has 0 fully saturated rings. The minimum Gasteiger partial charge on any atom is -0.278 e. The van der Waals surface area contributed by atoms with Crippen LogP contribution >= 0.6 is 0 Å². The normalized spacial score (nSPS) is 10.7. The van der Waals surface area contributed by atoms with Gasteiger partial charge in [0.2, 0.25) is 0 Å². The standard InChI is InChI=1S/C22H18N2/c1-16-12-13-19(20-14-15-23-24-20)22(18-10-6-3-7-11-18)21(16)17-8-4-2-5-9-17/h2-15H,1H3,(H,23,24). The average Bonchev–Trinajstić information content (AvgIpc) is 3.17. The van der Waals surface area contributed by atoms with Gasteiger partial charge >= 0.3 is 0 Å². The summed E-state index contributed by atoms with van der Waals surface area (Å²) in [4.78, 5) is 0. The topological polar surface area (TPSA) is 28.7 Å². The molecular formula is C22H18N2. The number of H-pyrrole nitrogens is 1. The SMILES string of the molecule is Cc1ccc(-c2ccn[nH]2)c(-c2ccccc2)c1-c1ccccc1. The van der Waals surface area contributed by atoms with E-state index in [0.717, 1.165) is 5.69 Å². The quantitative estimate of drug-likeness (QED) is 0.515. The molecule has 0 spiro atoms. The molecule has 0 atom stereocenters. The highest BCUT2D eigenvalue weighted by Crippen LogP contribution is 2.41. The van der Waals surface area contributed by atoms with E-state index in [2.05, 4.69) is 89.9 Å². The van der Waals surface area contributed by atoms with E-state index in [1.54, 1.807) is 6.20 Å². The minimum atomic E-state index is 1.03. The van der Waals surface area contributed by atoms with Crippen molar-refractivity contribution in [1.29, 1.82) is 0 Å². The van der Waals surface area contributed by atoms with Crippen LogP contribution in [0.25, 0.3) is 33.5 Å². The summed E-state index contributed by atoms with van der Waals surface area (Å²) in [7, 11) is 0. The van der Waals surface area contributed by atoms with E-state index < -0.39 is 0 Å². The molecule has 0 radical (unpaired) electrons. The van der Waals surface area contributed by atoms with Crippen LogP contribution in [0.4, 0.5) is 0 Å². The van der Waals surface area contributed by atoms with Gasteiger partial charge in [-0.3, -0.25) is 5.10 Å². The molecule has 1 heterocycles. The van der Waals surface area contributed by atoms with Crippen LogP contribution in [0.3, 0.4) is 0 Å². The molecule has 0 aliphatic heterocycles. The molecule has 2 heteroatoms. The Morgan fingerprint density at radius 3 is 1.88 bits per heavy atom. The third kappa shape index (κ3) is 2.52. The molecule has 4 aromatic rings. The monoisotopic (exact) mass is 310 g/mol. The number of aromatic nitrogens is 2. The van der Waals surface area contributed by atoms with Gasteiger partial charge in [-0.1, -0.05) is 72.8 Å². The number of nitrogens with one attached hydrogen (secondary N) is 1. The van der Waals surface area contributed by atoms with Gasteiger partial charge in [0.05, 0.1) is 5.69 Å². The summed E-state index contributed by atoms with van der Waals surface area (Å²) in [5.74, 6) is 0. The third-order valence-electron chi connectivity index (χ3n) is 4.33. The van der Waals surface area contributed by atoms with E-state index in [-0.39, 0.29) is 0 Å². The summed E-state index contributed by atoms with van der Waals surface area (Å²) in [6.07, 6.45) is 1.80. The molecule has 0 saturated heterocycles. The number of aryl methyl sites for hydroxylation is 1. The van der Waals surface area contributed by atoms with Crippen molar-refractivity contribution in [2.45, 2.75) is 6.92 Å². The predicted octanol–water partition coefficient (Wildman–Crippen LogP) is 5.72. The molecule has 4 rings (SSSR count). The predicted molar refractivity (Wildman–Crippen MR) is 99.6 cm³/mol. The van der Waals surface area contributed by atoms with Crippen LogP contribution in [0, 0.1) is 6.92 Å². The van der Waals surface area contributed by atoms with E-state index in [1.165, 1.54) is 33.4 Å². The molecule has 2 nitrogen and oxygen atoms in total. The number of benzene rings is 3. The second kappa shape index (κ2) is 6.17. The first-order valence-electron chi connectivity index (χ1n) is 8.09. The minimum absolute atomic E-state index is 1.03. The molecule has 3 aromatic carbocycles. The molecule has 1 N–H and O–H groups in total. The third-order valence-corrected chi connectivity index (χ3v) is 4.33. The fourth-order valence-corrected chi connectivity index (χ4v) is 3.22. The highest BCUT2D eigenvalue weighted by atomic mass is 15.1. The number of hydrogen-bond donors (Lipinski definition) is 1. The second-order valence-corrected chi connectivity index (χ2v) is 5.88. The van der Waals surface area contributed by atoms with E-state index >= 15 is 0 Å². The molecule has 0 aliphatic carbocycles. The zero-order valence-corrected chi connectivity index (χ0v) is 13.5. The molecule has 0 saturated carbocycles. The molecule has 24 heavy (non-hydrogen) atoms. The lowest BCUT2D eigenvalue weighted by molar-refractivity contribution is 1.10. The van der Waals surface area contributed by atoms with Crippen molar-refractivity contribution in [2.75, 3.05) is 0 Å². The highest BCUT2D eigenvalue weighted by molar-refractivity contribution is 5.95. The summed E-state index contributed by atoms with van der Waals surface area (Å²) < 4.78 is 0. The Morgan fingerprint density at radius 2 is 1.29 bits per heavy atom. The summed E-state index contributed by atoms with van der Waals surface area (Å²) in [6, 6.07) is 27.5. The lowest BCUT2D eigenvalue weighted by Gasteiger charge is -2.17. The average molecular weight is 310 g/mol. The van der Waals surface area contributed by atoms with Crippen LogP contribution < -0.4 is 0 Å². The lowest BCUT2D eigenvalue weighted by atomic mass is 9.86. The Balaban J connectivity index is 2.08. The first-order chi connectivity index (χ1) is 11.8. The zero-order chi connectivity index (χ0) is 16.4. The Kier molecular flexibility index (Phi) is 3.72. The van der Waals surface area contributed by atoms with Gasteiger partial charge in [0.1, 0.15) is 0 Å². The van der Waals surface area contributed by atoms with E-state index in [9.17, 15) is 0 Å². The van der Waals surface area contributed by atoms with Crippen molar-refractivity contribution in [3.8, 4) is 33.5 Å². The van der Waals surface area contributed by atoms with E-state index in [1.807, 2.05) is 6.07 Å². The number of nitrogens with zero attached hydrogens (tertiary/aromatic N) is 1. The molecule has 0 amide bonds. The van der Waals surface area contributed by atoms with Crippen molar-refractivity contribution in [3.63, 3.8) is 0 Å². The maximum atomic E-state index is 4.13. The summed E-state index contributed by atoms with van der Waals surface area (Å²) in [5, 5.41) is 7.24. The molecule has 0 bridgehead atoms. The van der Waals surface area contributed by atoms with Gasteiger partial charge in [0.25, 0.3) is 0 Å². The maximum absolute atomic E-state index is 4.13. The van der Waals surface area contributed by atoms with Gasteiger partial charge in [-0.15, -0.1) is 0 Å². The Hall–Kier alpha value is -3.13. The van der Waals surface area contributed by atoms with Crippen LogP contribution in [0.5, 0.6) is 0 Å². The molecule has 116 valence electrons. The zero-order valence-electron chi connectivity index (χ0n) is 13.5. The maximum Gasteiger partial charge on any atom is 0.0656 e. The Bertz CT molecular complexity index is 940. The van der Waals surface area contributed by atoms with Gasteiger partial charge in [-0.2, -0.15) is 5.10 Å². The smallest absolute Gasteiger partial charge is 0.0656 e. The van der Waals surface area contributed by atoms with Gasteiger partial charge < -0.3 is 0 Å². The summed E-state index contributed by atoms with van der Waals surface area (Å²) in [5.41, 5.74) is 8.43. The van der Waals surface area contributed by atoms with Crippen molar-refractivity contribution in [1.82, 2.24) is 10.2 Å². The van der Waals surface area contributed by atoms with Crippen LogP contribution in [0.2, 0.25) is 0 Å². The van der Waals surface area contributed by atoms with Gasteiger partial charge in [0, 0.05) is 11.8 Å². The largest absolute Gasteiger partial charge is 0.278 e. The number of aromatic amines is 1. The molecule has 1 aromatic heterocycles. The molecule has 0 unspecified atom stereocenters. The van der Waals surface area contributed by atoms with Crippen molar-refractivity contribution in [3.05, 3.63) is 90.6 Å². The summed E-state index contributed by atoms with van der Waals surface area (Å²) in [6.45, 7) is 2.17.